The Labute approximate surface area is 107 Å². The number of pyridine rings is 1. The number of carbonyl (C=O) groups is 2. The maximum Gasteiger partial charge on any atom is 0.233 e. The van der Waals surface area contributed by atoms with Crippen LogP contribution >= 0.6 is 15.9 Å². The maximum atomic E-state index is 11.9. The van der Waals surface area contributed by atoms with Gasteiger partial charge < -0.3 is 0 Å². The fourth-order valence-electron chi connectivity index (χ4n) is 1.40. The standard InChI is InChI=1S/C13H8BrNO2/c14-11-3-1-2-10(8-11)13(17)12(16)9-4-6-15-7-5-9/h1-8H. The van der Waals surface area contributed by atoms with E-state index in [0.29, 0.717) is 11.1 Å². The maximum absolute atomic E-state index is 11.9. The summed E-state index contributed by atoms with van der Waals surface area (Å²) in [6.45, 7) is 0. The Bertz CT molecular complexity index is 567. The van der Waals surface area contributed by atoms with Crippen molar-refractivity contribution in [2.45, 2.75) is 0 Å². The highest BCUT2D eigenvalue weighted by Gasteiger charge is 2.17. The zero-order valence-electron chi connectivity index (χ0n) is 8.76. The van der Waals surface area contributed by atoms with Gasteiger partial charge in [-0.25, -0.2) is 0 Å². The van der Waals surface area contributed by atoms with E-state index in [-0.39, 0.29) is 0 Å². The van der Waals surface area contributed by atoms with Gasteiger partial charge in [0.25, 0.3) is 0 Å². The molecule has 0 atom stereocenters. The van der Waals surface area contributed by atoms with E-state index in [4.69, 9.17) is 0 Å². The number of aromatic nitrogens is 1. The summed E-state index contributed by atoms with van der Waals surface area (Å²) in [6.07, 6.45) is 2.98. The molecule has 0 aliphatic carbocycles. The minimum absolute atomic E-state index is 0.352. The van der Waals surface area contributed by atoms with Gasteiger partial charge in [-0.15, -0.1) is 0 Å². The van der Waals surface area contributed by atoms with Crippen molar-refractivity contribution in [1.29, 1.82) is 0 Å². The summed E-state index contributed by atoms with van der Waals surface area (Å²) in [7, 11) is 0. The lowest BCUT2D eigenvalue weighted by atomic mass is 10.0. The number of hydrogen-bond acceptors (Lipinski definition) is 3. The molecule has 0 amide bonds. The number of halogens is 1. The molecule has 1 aromatic heterocycles. The fraction of sp³-hybridized carbons (Fsp3) is 0. The van der Waals surface area contributed by atoms with Crippen LogP contribution in [0.1, 0.15) is 20.7 Å². The van der Waals surface area contributed by atoms with Gasteiger partial charge in [0.05, 0.1) is 0 Å². The second kappa shape index (κ2) is 5.01. The monoisotopic (exact) mass is 289 g/mol. The number of Topliss-reactive ketones (excluding diaryl/α,β-unsaturated/α-hetero) is 2. The third-order valence-corrected chi connectivity index (χ3v) is 2.73. The molecule has 3 nitrogen and oxygen atoms in total. The van der Waals surface area contributed by atoms with Crippen LogP contribution in [0.2, 0.25) is 0 Å². The van der Waals surface area contributed by atoms with Crippen LogP contribution in [0.5, 0.6) is 0 Å². The number of carbonyl (C=O) groups excluding carboxylic acids is 2. The Morgan fingerprint density at radius 1 is 0.941 bits per heavy atom. The lowest BCUT2D eigenvalue weighted by molar-refractivity contribution is 0.0817. The summed E-state index contributed by atoms with van der Waals surface area (Å²) in [5.74, 6) is -1.04. The van der Waals surface area contributed by atoms with Crippen molar-refractivity contribution in [3.05, 3.63) is 64.4 Å². The van der Waals surface area contributed by atoms with Crippen LogP contribution < -0.4 is 0 Å². The first-order chi connectivity index (χ1) is 8.18. The molecular formula is C13H8BrNO2. The van der Waals surface area contributed by atoms with Crippen molar-refractivity contribution in [2.75, 3.05) is 0 Å². The Balaban J connectivity index is 2.30. The molecule has 1 heterocycles. The molecule has 0 aliphatic rings. The van der Waals surface area contributed by atoms with E-state index in [9.17, 15) is 9.59 Å². The van der Waals surface area contributed by atoms with E-state index >= 15 is 0 Å². The number of rotatable bonds is 3. The SMILES string of the molecule is O=C(C(=O)c1cccc(Br)c1)c1ccncc1. The zero-order chi connectivity index (χ0) is 12.3. The van der Waals surface area contributed by atoms with E-state index in [1.807, 2.05) is 0 Å². The van der Waals surface area contributed by atoms with Crippen molar-refractivity contribution in [2.24, 2.45) is 0 Å². The Hall–Kier alpha value is -1.81. The van der Waals surface area contributed by atoms with Crippen molar-refractivity contribution in [1.82, 2.24) is 4.98 Å². The fourth-order valence-corrected chi connectivity index (χ4v) is 1.79. The highest BCUT2D eigenvalue weighted by Crippen LogP contribution is 2.14. The van der Waals surface area contributed by atoms with Crippen LogP contribution in [-0.4, -0.2) is 16.6 Å². The van der Waals surface area contributed by atoms with E-state index in [1.165, 1.54) is 24.5 Å². The molecule has 2 rings (SSSR count). The molecule has 0 saturated carbocycles. The molecular weight excluding hydrogens is 282 g/mol. The second-order valence-electron chi connectivity index (χ2n) is 3.40. The largest absolute Gasteiger partial charge is 0.285 e. The second-order valence-corrected chi connectivity index (χ2v) is 4.32. The molecule has 4 heteroatoms. The van der Waals surface area contributed by atoms with Gasteiger partial charge in [-0.2, -0.15) is 0 Å². The van der Waals surface area contributed by atoms with Crippen LogP contribution in [0.15, 0.2) is 53.3 Å². The van der Waals surface area contributed by atoms with Crippen LogP contribution in [0, 0.1) is 0 Å². The van der Waals surface area contributed by atoms with Gasteiger partial charge in [-0.3, -0.25) is 14.6 Å². The summed E-state index contributed by atoms with van der Waals surface area (Å²) in [5.41, 5.74) is 0.728. The zero-order valence-corrected chi connectivity index (χ0v) is 10.3. The average Bonchev–Trinajstić information content (AvgIpc) is 2.38. The molecule has 1 aromatic carbocycles. The highest BCUT2D eigenvalue weighted by atomic mass is 79.9. The molecule has 84 valence electrons. The van der Waals surface area contributed by atoms with E-state index in [1.54, 1.807) is 24.3 Å². The Kier molecular flexibility index (Phi) is 3.44. The predicted octanol–water partition coefficient (Wildman–Crippen LogP) is 2.91. The molecule has 0 fully saturated rings. The normalized spacial score (nSPS) is 9.94. The van der Waals surface area contributed by atoms with Gasteiger partial charge in [0.1, 0.15) is 0 Å². The van der Waals surface area contributed by atoms with Crippen molar-refractivity contribution in [3.8, 4) is 0 Å². The quantitative estimate of drug-likeness (QED) is 0.645. The highest BCUT2D eigenvalue weighted by molar-refractivity contribution is 9.10. The summed E-state index contributed by atoms with van der Waals surface area (Å²) in [6, 6.07) is 9.81. The first-order valence-corrected chi connectivity index (χ1v) is 5.72. The predicted molar refractivity (Wildman–Crippen MR) is 67.0 cm³/mol. The van der Waals surface area contributed by atoms with Crippen LogP contribution in [0.4, 0.5) is 0 Å². The molecule has 0 spiro atoms. The van der Waals surface area contributed by atoms with Crippen LogP contribution in [-0.2, 0) is 0 Å². The Morgan fingerprint density at radius 2 is 1.59 bits per heavy atom. The molecule has 0 bridgehead atoms. The lowest BCUT2D eigenvalue weighted by Crippen LogP contribution is -2.14. The third kappa shape index (κ3) is 2.65. The summed E-state index contributed by atoms with van der Waals surface area (Å²) >= 11 is 3.26. The van der Waals surface area contributed by atoms with Crippen LogP contribution in [0.25, 0.3) is 0 Å². The van der Waals surface area contributed by atoms with Gasteiger partial charge in [0, 0.05) is 28.0 Å². The first kappa shape index (κ1) is 11.7. The Morgan fingerprint density at radius 3 is 2.24 bits per heavy atom. The minimum Gasteiger partial charge on any atom is -0.285 e. The smallest absolute Gasteiger partial charge is 0.233 e. The number of hydrogen-bond donors (Lipinski definition) is 0. The molecule has 0 radical (unpaired) electrons. The average molecular weight is 290 g/mol. The molecule has 2 aromatic rings. The van der Waals surface area contributed by atoms with Gasteiger partial charge in [-0.05, 0) is 24.3 Å². The first-order valence-electron chi connectivity index (χ1n) is 4.93. The third-order valence-electron chi connectivity index (χ3n) is 2.24. The summed E-state index contributed by atoms with van der Waals surface area (Å²) < 4.78 is 0.769. The van der Waals surface area contributed by atoms with E-state index in [0.717, 1.165) is 4.47 Å². The number of ketones is 2. The van der Waals surface area contributed by atoms with Gasteiger partial charge >= 0.3 is 0 Å². The van der Waals surface area contributed by atoms with Gasteiger partial charge in [0.2, 0.25) is 11.6 Å². The molecule has 0 saturated heterocycles. The van der Waals surface area contributed by atoms with Gasteiger partial charge in [-0.1, -0.05) is 28.1 Å². The summed E-state index contributed by atoms with van der Waals surface area (Å²) in [5, 5.41) is 0. The van der Waals surface area contributed by atoms with Crippen molar-refractivity contribution in [3.63, 3.8) is 0 Å². The van der Waals surface area contributed by atoms with E-state index in [2.05, 4.69) is 20.9 Å². The van der Waals surface area contributed by atoms with Crippen molar-refractivity contribution >= 4 is 27.5 Å². The molecule has 17 heavy (non-hydrogen) atoms. The minimum atomic E-state index is -0.523. The van der Waals surface area contributed by atoms with Crippen LogP contribution in [0.3, 0.4) is 0 Å². The number of benzene rings is 1. The van der Waals surface area contributed by atoms with Gasteiger partial charge in [0.15, 0.2) is 0 Å². The topological polar surface area (TPSA) is 47.0 Å². The van der Waals surface area contributed by atoms with E-state index < -0.39 is 11.6 Å². The van der Waals surface area contributed by atoms with Crippen molar-refractivity contribution < 1.29 is 9.59 Å². The molecule has 0 N–H and O–H groups in total. The number of nitrogens with zero attached hydrogens (tertiary/aromatic N) is 1. The molecule has 0 unspecified atom stereocenters. The lowest BCUT2D eigenvalue weighted by Gasteiger charge is -2.00. The summed E-state index contributed by atoms with van der Waals surface area (Å²) in [4.78, 5) is 27.6. The molecule has 0 aliphatic heterocycles.